The summed E-state index contributed by atoms with van der Waals surface area (Å²) in [6.07, 6.45) is -4.51. The third-order valence-electron chi connectivity index (χ3n) is 5.83. The first-order chi connectivity index (χ1) is 17.7. The van der Waals surface area contributed by atoms with Gasteiger partial charge in [0.1, 0.15) is 5.75 Å². The van der Waals surface area contributed by atoms with E-state index < -0.39 is 34.1 Å². The number of hydrogen-bond acceptors (Lipinski definition) is 4. The van der Waals surface area contributed by atoms with Gasteiger partial charge in [0.25, 0.3) is 0 Å². The molecule has 4 rings (SSSR count). The molecule has 0 atom stereocenters. The molecule has 0 spiro atoms. The summed E-state index contributed by atoms with van der Waals surface area (Å²) in [5, 5.41) is 0.650. The summed E-state index contributed by atoms with van der Waals surface area (Å²) >= 11 is 0. The van der Waals surface area contributed by atoms with Gasteiger partial charge in [-0.05, 0) is 55.8 Å². The first-order valence-corrected chi connectivity index (χ1v) is 13.1. The van der Waals surface area contributed by atoms with Crippen LogP contribution in [0.25, 0.3) is 22.2 Å². The Morgan fingerprint density at radius 2 is 1.61 bits per heavy atom. The molecule has 0 unspecified atom stereocenters. The van der Waals surface area contributed by atoms with Crippen LogP contribution in [0, 0.1) is 0 Å². The first kappa shape index (κ1) is 27.2. The SMILES string of the molecule is CC(C)n1c(-c2ccc(NS(=O)(=O)Cc3ccc(C(F)(F)F)cc3)cc2)c(N)c2ccc(OC(F)F)cc21. The van der Waals surface area contributed by atoms with Gasteiger partial charge in [-0.25, -0.2) is 8.42 Å². The van der Waals surface area contributed by atoms with Crippen molar-refractivity contribution >= 4 is 32.3 Å². The molecule has 0 aliphatic rings. The summed E-state index contributed by atoms with van der Waals surface area (Å²) < 4.78 is 97.7. The predicted molar refractivity (Wildman–Crippen MR) is 136 cm³/mol. The van der Waals surface area contributed by atoms with Crippen LogP contribution < -0.4 is 15.2 Å². The van der Waals surface area contributed by atoms with E-state index in [1.54, 1.807) is 18.2 Å². The van der Waals surface area contributed by atoms with E-state index in [9.17, 15) is 30.4 Å². The minimum Gasteiger partial charge on any atom is -0.435 e. The fourth-order valence-electron chi connectivity index (χ4n) is 4.24. The van der Waals surface area contributed by atoms with Gasteiger partial charge in [-0.1, -0.05) is 24.3 Å². The second-order valence-electron chi connectivity index (χ2n) is 8.92. The first-order valence-electron chi connectivity index (χ1n) is 11.4. The molecule has 0 radical (unpaired) electrons. The standard InChI is InChI=1S/C26H24F5N3O3S/c1-15(2)34-22-13-20(37-25(27)28)11-12-21(22)23(32)24(34)17-5-9-19(10-6-17)33-38(35,36)14-16-3-7-18(8-4-16)26(29,30)31/h3-13,15,25,33H,14,32H2,1-2H3. The number of benzene rings is 3. The molecule has 0 bridgehead atoms. The Morgan fingerprint density at radius 1 is 0.974 bits per heavy atom. The van der Waals surface area contributed by atoms with E-state index >= 15 is 0 Å². The highest BCUT2D eigenvalue weighted by Crippen LogP contribution is 2.40. The van der Waals surface area contributed by atoms with Crippen LogP contribution in [0.2, 0.25) is 0 Å². The van der Waals surface area contributed by atoms with Crippen molar-refractivity contribution in [1.29, 1.82) is 0 Å². The molecule has 0 amide bonds. The predicted octanol–water partition coefficient (Wildman–Crippen LogP) is 7.03. The number of halogens is 5. The fraction of sp³-hybridized carbons (Fsp3) is 0.231. The molecule has 38 heavy (non-hydrogen) atoms. The number of alkyl halides is 5. The van der Waals surface area contributed by atoms with Gasteiger partial charge in [0.05, 0.1) is 28.2 Å². The molecule has 0 saturated heterocycles. The maximum Gasteiger partial charge on any atom is 0.416 e. The molecular formula is C26H24F5N3O3S. The van der Waals surface area contributed by atoms with Crippen molar-refractivity contribution in [2.75, 3.05) is 10.5 Å². The smallest absolute Gasteiger partial charge is 0.416 e. The lowest BCUT2D eigenvalue weighted by atomic mass is 10.1. The van der Waals surface area contributed by atoms with Gasteiger partial charge >= 0.3 is 12.8 Å². The Balaban J connectivity index is 1.59. The Morgan fingerprint density at radius 3 is 2.16 bits per heavy atom. The number of nitrogens with zero attached hydrogens (tertiary/aromatic N) is 1. The zero-order chi connectivity index (χ0) is 27.8. The number of aromatic nitrogens is 1. The largest absolute Gasteiger partial charge is 0.435 e. The number of hydrogen-bond donors (Lipinski definition) is 2. The minimum atomic E-state index is -4.51. The van der Waals surface area contributed by atoms with Crippen molar-refractivity contribution in [3.63, 3.8) is 0 Å². The maximum atomic E-state index is 12.7. The summed E-state index contributed by atoms with van der Waals surface area (Å²) in [6, 6.07) is 14.7. The topological polar surface area (TPSA) is 86.4 Å². The quantitative estimate of drug-likeness (QED) is 0.229. The molecule has 4 aromatic rings. The summed E-state index contributed by atoms with van der Waals surface area (Å²) in [6.45, 7) is 0.849. The monoisotopic (exact) mass is 553 g/mol. The van der Waals surface area contributed by atoms with Gasteiger partial charge < -0.3 is 15.0 Å². The van der Waals surface area contributed by atoms with Crippen LogP contribution in [0.3, 0.4) is 0 Å². The van der Waals surface area contributed by atoms with Crippen LogP contribution in [0.4, 0.5) is 33.3 Å². The van der Waals surface area contributed by atoms with Crippen LogP contribution in [-0.2, 0) is 22.0 Å². The highest BCUT2D eigenvalue weighted by Gasteiger charge is 2.30. The van der Waals surface area contributed by atoms with Crippen molar-refractivity contribution in [3.05, 3.63) is 77.9 Å². The zero-order valence-electron chi connectivity index (χ0n) is 20.3. The molecule has 0 saturated carbocycles. The number of nitrogen functional groups attached to an aromatic ring is 1. The molecule has 6 nitrogen and oxygen atoms in total. The van der Waals surface area contributed by atoms with Crippen LogP contribution in [0.5, 0.6) is 5.75 Å². The fourth-order valence-corrected chi connectivity index (χ4v) is 5.44. The Labute approximate surface area is 215 Å². The highest BCUT2D eigenvalue weighted by atomic mass is 32.2. The van der Waals surface area contributed by atoms with E-state index in [1.165, 1.54) is 24.3 Å². The van der Waals surface area contributed by atoms with Crippen molar-refractivity contribution in [2.45, 2.75) is 38.4 Å². The number of sulfonamides is 1. The second-order valence-corrected chi connectivity index (χ2v) is 10.6. The van der Waals surface area contributed by atoms with Crippen molar-refractivity contribution in [3.8, 4) is 17.0 Å². The molecule has 3 N–H and O–H groups in total. The van der Waals surface area contributed by atoms with E-state index in [0.29, 0.717) is 27.8 Å². The Hall–Kier alpha value is -3.80. The number of anilines is 2. The number of fused-ring (bicyclic) bond motifs is 1. The number of nitrogens with two attached hydrogens (primary N) is 1. The average Bonchev–Trinajstić information content (AvgIpc) is 3.10. The van der Waals surface area contributed by atoms with Gasteiger partial charge in [0, 0.05) is 28.7 Å². The Kier molecular flexibility index (Phi) is 7.29. The molecular weight excluding hydrogens is 529 g/mol. The lowest BCUT2D eigenvalue weighted by Crippen LogP contribution is -2.15. The molecule has 12 heteroatoms. The molecule has 0 aliphatic heterocycles. The third kappa shape index (κ3) is 5.85. The average molecular weight is 554 g/mol. The number of ether oxygens (including phenoxy) is 1. The Bertz CT molecular complexity index is 1550. The van der Waals surface area contributed by atoms with E-state index in [4.69, 9.17) is 5.73 Å². The molecule has 1 aromatic heterocycles. The van der Waals surface area contributed by atoms with Crippen molar-refractivity contribution in [1.82, 2.24) is 4.57 Å². The van der Waals surface area contributed by atoms with Gasteiger partial charge in [-0.15, -0.1) is 0 Å². The van der Waals surface area contributed by atoms with Crippen molar-refractivity contribution in [2.24, 2.45) is 0 Å². The molecule has 202 valence electrons. The summed E-state index contributed by atoms with van der Waals surface area (Å²) in [5.74, 6) is -0.513. The lowest BCUT2D eigenvalue weighted by molar-refractivity contribution is -0.137. The summed E-state index contributed by atoms with van der Waals surface area (Å²) in [4.78, 5) is 0. The van der Waals surface area contributed by atoms with E-state index in [0.717, 1.165) is 24.3 Å². The maximum absolute atomic E-state index is 12.7. The molecule has 3 aromatic carbocycles. The van der Waals surface area contributed by atoms with Crippen molar-refractivity contribution < 1.29 is 35.1 Å². The van der Waals surface area contributed by atoms with Gasteiger partial charge in [0.2, 0.25) is 10.0 Å². The van der Waals surface area contributed by atoms with E-state index in [1.807, 2.05) is 18.4 Å². The van der Waals surface area contributed by atoms with Gasteiger partial charge in [-0.2, -0.15) is 22.0 Å². The highest BCUT2D eigenvalue weighted by molar-refractivity contribution is 7.91. The van der Waals surface area contributed by atoms with Gasteiger partial charge in [-0.3, -0.25) is 4.72 Å². The van der Waals surface area contributed by atoms with Crippen LogP contribution in [0.15, 0.2) is 66.7 Å². The molecule has 1 heterocycles. The van der Waals surface area contributed by atoms with Crippen LogP contribution >= 0.6 is 0 Å². The van der Waals surface area contributed by atoms with Crippen LogP contribution in [0.1, 0.15) is 31.0 Å². The number of rotatable bonds is 8. The van der Waals surface area contributed by atoms with Crippen LogP contribution in [-0.4, -0.2) is 19.6 Å². The lowest BCUT2D eigenvalue weighted by Gasteiger charge is -2.16. The minimum absolute atomic E-state index is 0.00347. The summed E-state index contributed by atoms with van der Waals surface area (Å²) in [7, 11) is -3.91. The molecule has 0 aliphatic carbocycles. The number of nitrogens with one attached hydrogen (secondary N) is 1. The van der Waals surface area contributed by atoms with Gasteiger partial charge in [0.15, 0.2) is 0 Å². The zero-order valence-corrected chi connectivity index (χ0v) is 21.1. The second kappa shape index (κ2) is 10.2. The summed E-state index contributed by atoms with van der Waals surface area (Å²) in [5.41, 5.74) is 8.34. The van der Waals surface area contributed by atoms with E-state index in [2.05, 4.69) is 9.46 Å². The third-order valence-corrected chi connectivity index (χ3v) is 7.09. The normalized spacial score (nSPS) is 12.4. The van der Waals surface area contributed by atoms with E-state index in [-0.39, 0.29) is 23.0 Å². The molecule has 0 fully saturated rings.